The van der Waals surface area contributed by atoms with E-state index in [2.05, 4.69) is 48.5 Å². The van der Waals surface area contributed by atoms with Gasteiger partial charge in [0.05, 0.1) is 26.4 Å². The van der Waals surface area contributed by atoms with Crippen molar-refractivity contribution in [1.82, 2.24) is 0 Å². The van der Waals surface area contributed by atoms with Crippen molar-refractivity contribution in [2.24, 2.45) is 17.8 Å². The summed E-state index contributed by atoms with van der Waals surface area (Å²) < 4.78 is 68.7. The quantitative estimate of drug-likeness (QED) is 0.0222. The molecular formula is C81H158O17P2. The van der Waals surface area contributed by atoms with Crippen LogP contribution in [0.25, 0.3) is 0 Å². The number of aliphatic hydroxyl groups is 1. The third kappa shape index (κ3) is 73.0. The molecule has 594 valence electrons. The maximum absolute atomic E-state index is 13.1. The summed E-state index contributed by atoms with van der Waals surface area (Å²) in [6, 6.07) is 0. The molecule has 6 atom stereocenters. The number of phosphoric acid groups is 2. The Bertz CT molecular complexity index is 1940. The number of hydrogen-bond donors (Lipinski definition) is 3. The van der Waals surface area contributed by atoms with Gasteiger partial charge in [-0.2, -0.15) is 0 Å². The van der Waals surface area contributed by atoms with Crippen LogP contribution < -0.4 is 0 Å². The zero-order chi connectivity index (χ0) is 73.7. The van der Waals surface area contributed by atoms with Crippen LogP contribution in [0.15, 0.2) is 0 Å². The molecule has 17 nitrogen and oxygen atoms in total. The molecule has 0 aromatic rings. The molecule has 0 fully saturated rings. The molecule has 100 heavy (non-hydrogen) atoms. The predicted molar refractivity (Wildman–Crippen MR) is 409 cm³/mol. The molecule has 0 aromatic carbocycles. The molecule has 0 heterocycles. The highest BCUT2D eigenvalue weighted by molar-refractivity contribution is 7.47. The summed E-state index contributed by atoms with van der Waals surface area (Å²) in [5, 5.41) is 10.6. The van der Waals surface area contributed by atoms with Crippen molar-refractivity contribution < 1.29 is 80.2 Å². The van der Waals surface area contributed by atoms with E-state index in [0.717, 1.165) is 108 Å². The third-order valence-corrected chi connectivity index (χ3v) is 21.1. The minimum atomic E-state index is -4.96. The van der Waals surface area contributed by atoms with E-state index < -0.39 is 97.5 Å². The van der Waals surface area contributed by atoms with Gasteiger partial charge in [-0.05, 0) is 43.4 Å². The molecule has 0 amide bonds. The lowest BCUT2D eigenvalue weighted by Gasteiger charge is -2.21. The van der Waals surface area contributed by atoms with Gasteiger partial charge in [-0.1, -0.05) is 370 Å². The van der Waals surface area contributed by atoms with Gasteiger partial charge in [0.1, 0.15) is 19.3 Å². The largest absolute Gasteiger partial charge is 0.472 e. The summed E-state index contributed by atoms with van der Waals surface area (Å²) in [7, 11) is -9.92. The molecular weight excluding hydrogens is 1310 g/mol. The highest BCUT2D eigenvalue weighted by atomic mass is 31.2. The Balaban J connectivity index is 5.25. The zero-order valence-electron chi connectivity index (χ0n) is 65.7. The molecule has 0 radical (unpaired) electrons. The van der Waals surface area contributed by atoms with Gasteiger partial charge in [-0.25, -0.2) is 9.13 Å². The SMILES string of the molecule is CCCCCCCCCCCCCC(=O)OC[C@H](COP(=O)(O)OC[C@H](O)COP(=O)(O)OC[C@@H](COC(=O)CCCCCCCCCCCCCCCCC(C)CC)OC(=O)CCCCCCCCCCCCCCCCCC(C)C)OC(=O)CCCCCCCCCCCCC(C)C. The molecule has 0 aliphatic rings. The lowest BCUT2D eigenvalue weighted by molar-refractivity contribution is -0.161. The van der Waals surface area contributed by atoms with Gasteiger partial charge < -0.3 is 33.8 Å². The van der Waals surface area contributed by atoms with E-state index in [4.69, 9.17) is 37.0 Å². The van der Waals surface area contributed by atoms with Crippen LogP contribution in [0.5, 0.6) is 0 Å². The molecule has 0 aromatic heterocycles. The van der Waals surface area contributed by atoms with Gasteiger partial charge in [0.2, 0.25) is 0 Å². The van der Waals surface area contributed by atoms with E-state index in [0.29, 0.717) is 25.7 Å². The van der Waals surface area contributed by atoms with E-state index in [1.165, 1.54) is 231 Å². The van der Waals surface area contributed by atoms with E-state index in [1.807, 2.05) is 0 Å². The van der Waals surface area contributed by atoms with E-state index in [9.17, 15) is 43.2 Å². The molecule has 3 unspecified atom stereocenters. The predicted octanol–water partition coefficient (Wildman–Crippen LogP) is 24.1. The number of carbonyl (C=O) groups is 4. The molecule has 3 N–H and O–H groups in total. The summed E-state index contributed by atoms with van der Waals surface area (Å²) in [6.07, 6.45) is 59.5. The Labute approximate surface area is 613 Å². The summed E-state index contributed by atoms with van der Waals surface area (Å²) in [5.74, 6) is 0.295. The van der Waals surface area contributed by atoms with E-state index >= 15 is 0 Å². The van der Waals surface area contributed by atoms with Crippen LogP contribution >= 0.6 is 15.6 Å². The molecule has 0 rings (SSSR count). The Morgan fingerprint density at radius 1 is 0.290 bits per heavy atom. The van der Waals surface area contributed by atoms with Gasteiger partial charge in [0, 0.05) is 25.7 Å². The summed E-state index contributed by atoms with van der Waals surface area (Å²) >= 11 is 0. The number of phosphoric ester groups is 2. The Hall–Kier alpha value is -1.94. The third-order valence-electron chi connectivity index (χ3n) is 19.2. The Morgan fingerprint density at radius 3 is 0.760 bits per heavy atom. The highest BCUT2D eigenvalue weighted by Gasteiger charge is 2.30. The fourth-order valence-corrected chi connectivity index (χ4v) is 14.0. The van der Waals surface area contributed by atoms with Gasteiger partial charge in [-0.3, -0.25) is 37.3 Å². The van der Waals surface area contributed by atoms with Crippen molar-refractivity contribution >= 4 is 39.5 Å². The van der Waals surface area contributed by atoms with Gasteiger partial charge in [0.15, 0.2) is 12.2 Å². The molecule has 0 bridgehead atoms. The van der Waals surface area contributed by atoms with E-state index in [-0.39, 0.29) is 25.7 Å². The summed E-state index contributed by atoms with van der Waals surface area (Å²) in [5.41, 5.74) is 0. The van der Waals surface area contributed by atoms with Crippen molar-refractivity contribution in [2.75, 3.05) is 39.6 Å². The second kappa shape index (κ2) is 71.3. The van der Waals surface area contributed by atoms with Gasteiger partial charge in [-0.15, -0.1) is 0 Å². The number of aliphatic hydroxyl groups excluding tert-OH is 1. The Morgan fingerprint density at radius 2 is 0.510 bits per heavy atom. The monoisotopic (exact) mass is 1470 g/mol. The van der Waals surface area contributed by atoms with E-state index in [1.54, 1.807) is 0 Å². The number of esters is 4. The maximum Gasteiger partial charge on any atom is 0.472 e. The fraction of sp³-hybridized carbons (Fsp3) is 0.951. The number of carbonyl (C=O) groups excluding carboxylic acids is 4. The molecule has 0 aliphatic carbocycles. The van der Waals surface area contributed by atoms with Crippen LogP contribution in [-0.2, 0) is 65.4 Å². The number of hydrogen-bond acceptors (Lipinski definition) is 15. The minimum Gasteiger partial charge on any atom is -0.462 e. The van der Waals surface area contributed by atoms with Crippen LogP contribution in [0.2, 0.25) is 0 Å². The second-order valence-electron chi connectivity index (χ2n) is 30.4. The van der Waals surface area contributed by atoms with Crippen molar-refractivity contribution in [1.29, 1.82) is 0 Å². The van der Waals surface area contributed by atoms with Gasteiger partial charge in [0.25, 0.3) is 0 Å². The number of unbranched alkanes of at least 4 members (excludes halogenated alkanes) is 46. The lowest BCUT2D eigenvalue weighted by atomic mass is 9.99. The van der Waals surface area contributed by atoms with Crippen LogP contribution in [0, 0.1) is 17.8 Å². The first-order valence-electron chi connectivity index (χ1n) is 41.9. The highest BCUT2D eigenvalue weighted by Crippen LogP contribution is 2.45. The standard InChI is InChI=1S/C81H158O17P2/c1-8-10-11-12-13-14-24-34-41-48-55-62-78(83)91-68-77(98-81(86)65-58-51-44-37-30-29-32-39-46-53-60-73(5)6)71-96-100(89,90)94-67-75(82)66-93-99(87,88)95-70-76(97-80(85)64-57-50-43-36-28-23-17-15-16-20-25-31-38-45-52-59-72(3)4)69-92-79(84)63-56-49-42-35-27-22-19-18-21-26-33-40-47-54-61-74(7)9-2/h72-77,82H,8-71H2,1-7H3,(H,87,88)(H,89,90)/t74?,75-,76-,77-/m1/s1. The molecule has 19 heteroatoms. The average molecular weight is 1470 g/mol. The first kappa shape index (κ1) is 98.1. The van der Waals surface area contributed by atoms with Crippen LogP contribution in [0.3, 0.4) is 0 Å². The minimum absolute atomic E-state index is 0.106. The zero-order valence-corrected chi connectivity index (χ0v) is 67.5. The molecule has 0 saturated carbocycles. The molecule has 0 saturated heterocycles. The second-order valence-corrected chi connectivity index (χ2v) is 33.3. The fourth-order valence-electron chi connectivity index (χ4n) is 12.5. The molecule has 0 aliphatic heterocycles. The topological polar surface area (TPSA) is 237 Å². The van der Waals surface area contributed by atoms with Crippen molar-refractivity contribution in [2.45, 2.75) is 439 Å². The maximum atomic E-state index is 13.1. The van der Waals surface area contributed by atoms with Crippen molar-refractivity contribution in [3.8, 4) is 0 Å². The van der Waals surface area contributed by atoms with Gasteiger partial charge >= 0.3 is 39.5 Å². The smallest absolute Gasteiger partial charge is 0.462 e. The first-order chi connectivity index (χ1) is 48.3. The van der Waals surface area contributed by atoms with Crippen LogP contribution in [0.1, 0.15) is 421 Å². The van der Waals surface area contributed by atoms with Crippen molar-refractivity contribution in [3.05, 3.63) is 0 Å². The van der Waals surface area contributed by atoms with Crippen LogP contribution in [0.4, 0.5) is 0 Å². The van der Waals surface area contributed by atoms with Crippen LogP contribution in [-0.4, -0.2) is 96.7 Å². The normalized spacial score (nSPS) is 14.2. The number of rotatable bonds is 79. The number of ether oxygens (including phenoxy) is 4. The average Bonchev–Trinajstić information content (AvgIpc) is 0.916. The molecule has 0 spiro atoms. The van der Waals surface area contributed by atoms with Crippen molar-refractivity contribution in [3.63, 3.8) is 0 Å². The summed E-state index contributed by atoms with van der Waals surface area (Å²) in [6.45, 7) is 12.0. The summed E-state index contributed by atoms with van der Waals surface area (Å²) in [4.78, 5) is 73.0. The first-order valence-corrected chi connectivity index (χ1v) is 44.9. The Kier molecular flexibility index (Phi) is 69.9. The lowest BCUT2D eigenvalue weighted by Crippen LogP contribution is -2.30.